The lowest BCUT2D eigenvalue weighted by Crippen LogP contribution is -2.39. The van der Waals surface area contributed by atoms with Gasteiger partial charge in [0, 0.05) is 24.7 Å². The van der Waals surface area contributed by atoms with Crippen molar-refractivity contribution in [2.75, 3.05) is 31.3 Å². The van der Waals surface area contributed by atoms with Crippen LogP contribution in [0.3, 0.4) is 0 Å². The Morgan fingerprint density at radius 3 is 2.68 bits per heavy atom. The molecule has 158 valence electrons. The van der Waals surface area contributed by atoms with Crippen LogP contribution >= 0.6 is 0 Å². The second-order valence-corrected chi connectivity index (χ2v) is 7.60. The molecule has 0 saturated carbocycles. The molecule has 7 heteroatoms. The van der Waals surface area contributed by atoms with Crippen molar-refractivity contribution < 1.29 is 23.8 Å². The Bertz CT molecular complexity index is 1150. The maximum Gasteiger partial charge on any atom is 0.258 e. The van der Waals surface area contributed by atoms with Crippen LogP contribution in [-0.2, 0) is 9.59 Å². The average Bonchev–Trinajstić information content (AvgIpc) is 3.17. The second-order valence-electron chi connectivity index (χ2n) is 7.60. The molecule has 1 atom stereocenters. The first-order chi connectivity index (χ1) is 15.2. The summed E-state index contributed by atoms with van der Waals surface area (Å²) in [6.45, 7) is 1.30. The van der Waals surface area contributed by atoms with Gasteiger partial charge in [-0.1, -0.05) is 30.3 Å². The van der Waals surface area contributed by atoms with Gasteiger partial charge in [-0.25, -0.2) is 0 Å². The number of anilines is 1. The fourth-order valence-electron chi connectivity index (χ4n) is 3.93. The molecular formula is C24H22N2O5. The molecule has 2 heterocycles. The van der Waals surface area contributed by atoms with Crippen LogP contribution < -0.4 is 24.4 Å². The van der Waals surface area contributed by atoms with Gasteiger partial charge >= 0.3 is 0 Å². The van der Waals surface area contributed by atoms with Crippen LogP contribution in [0.1, 0.15) is 6.42 Å². The molecule has 1 fully saturated rings. The number of nitrogens with one attached hydrogen (secondary N) is 1. The molecule has 0 spiro atoms. The van der Waals surface area contributed by atoms with Crippen molar-refractivity contribution in [3.8, 4) is 17.2 Å². The van der Waals surface area contributed by atoms with E-state index in [1.54, 1.807) is 17.0 Å². The van der Waals surface area contributed by atoms with Crippen molar-refractivity contribution in [3.63, 3.8) is 0 Å². The third-order valence-corrected chi connectivity index (χ3v) is 5.42. The highest BCUT2D eigenvalue weighted by atomic mass is 16.6. The molecule has 0 aliphatic carbocycles. The molecule has 5 rings (SSSR count). The quantitative estimate of drug-likeness (QED) is 0.690. The van der Waals surface area contributed by atoms with Crippen LogP contribution in [0.4, 0.5) is 5.69 Å². The molecule has 3 aromatic rings. The van der Waals surface area contributed by atoms with E-state index in [2.05, 4.69) is 5.32 Å². The summed E-state index contributed by atoms with van der Waals surface area (Å²) in [6.07, 6.45) is 0.246. The Labute approximate surface area is 179 Å². The fourth-order valence-corrected chi connectivity index (χ4v) is 3.93. The maximum absolute atomic E-state index is 12.5. The highest BCUT2D eigenvalue weighted by Gasteiger charge is 2.32. The van der Waals surface area contributed by atoms with Crippen LogP contribution in [0.5, 0.6) is 17.2 Å². The van der Waals surface area contributed by atoms with Gasteiger partial charge in [-0.3, -0.25) is 9.59 Å². The van der Waals surface area contributed by atoms with E-state index in [4.69, 9.17) is 14.2 Å². The number of rotatable bonds is 5. The van der Waals surface area contributed by atoms with Gasteiger partial charge in [0.05, 0.1) is 6.04 Å². The first-order valence-electron chi connectivity index (χ1n) is 10.3. The SMILES string of the molecule is O=C(COc1ccc2ccccc2c1)NC1CC(=O)N(c2ccc3c(c2)OCCO3)C1. The molecule has 2 aliphatic heterocycles. The smallest absolute Gasteiger partial charge is 0.258 e. The number of carbonyl (C=O) groups excluding carboxylic acids is 2. The van der Waals surface area contributed by atoms with Crippen LogP contribution in [0.15, 0.2) is 60.7 Å². The number of benzene rings is 3. The van der Waals surface area contributed by atoms with Gasteiger partial charge in [-0.2, -0.15) is 0 Å². The topological polar surface area (TPSA) is 77.1 Å². The minimum atomic E-state index is -0.270. The zero-order chi connectivity index (χ0) is 21.2. The summed E-state index contributed by atoms with van der Waals surface area (Å²) in [5.74, 6) is 1.65. The zero-order valence-electron chi connectivity index (χ0n) is 16.9. The average molecular weight is 418 g/mol. The number of amides is 2. The van der Waals surface area contributed by atoms with Crippen LogP contribution in [0, 0.1) is 0 Å². The first kappa shape index (κ1) is 19.2. The minimum Gasteiger partial charge on any atom is -0.486 e. The molecule has 31 heavy (non-hydrogen) atoms. The van der Waals surface area contributed by atoms with E-state index in [0.717, 1.165) is 16.5 Å². The number of hydrogen-bond acceptors (Lipinski definition) is 5. The van der Waals surface area contributed by atoms with Gasteiger partial charge in [0.25, 0.3) is 5.91 Å². The summed E-state index contributed by atoms with van der Waals surface area (Å²) in [7, 11) is 0. The normalized spacial score (nSPS) is 17.6. The highest BCUT2D eigenvalue weighted by molar-refractivity contribution is 5.97. The highest BCUT2D eigenvalue weighted by Crippen LogP contribution is 2.35. The Hall–Kier alpha value is -3.74. The summed E-state index contributed by atoms with van der Waals surface area (Å²) in [4.78, 5) is 26.5. The largest absolute Gasteiger partial charge is 0.486 e. The van der Waals surface area contributed by atoms with Gasteiger partial charge in [0.1, 0.15) is 19.0 Å². The van der Waals surface area contributed by atoms with Crippen molar-refractivity contribution in [1.29, 1.82) is 0 Å². The number of carbonyl (C=O) groups is 2. The lowest BCUT2D eigenvalue weighted by molar-refractivity contribution is -0.123. The molecule has 0 bridgehead atoms. The fraction of sp³-hybridized carbons (Fsp3) is 0.250. The van der Waals surface area contributed by atoms with E-state index in [0.29, 0.717) is 37.0 Å². The molecule has 7 nitrogen and oxygen atoms in total. The standard InChI is InChI=1S/C24H22N2O5/c27-23(15-31-20-7-5-16-3-1-2-4-17(16)11-20)25-18-12-24(28)26(14-18)19-6-8-21-22(13-19)30-10-9-29-21/h1-8,11,13,18H,9-10,12,14-15H2,(H,25,27). The summed E-state index contributed by atoms with van der Waals surface area (Å²) in [5.41, 5.74) is 0.735. The summed E-state index contributed by atoms with van der Waals surface area (Å²) in [6, 6.07) is 18.9. The minimum absolute atomic E-state index is 0.0441. The van der Waals surface area contributed by atoms with Crippen molar-refractivity contribution in [1.82, 2.24) is 5.32 Å². The Morgan fingerprint density at radius 2 is 1.81 bits per heavy atom. The maximum atomic E-state index is 12.5. The molecule has 0 radical (unpaired) electrons. The van der Waals surface area contributed by atoms with Crippen LogP contribution in [-0.4, -0.2) is 44.2 Å². The third-order valence-electron chi connectivity index (χ3n) is 5.42. The molecule has 0 aromatic heterocycles. The lowest BCUT2D eigenvalue weighted by atomic mass is 10.1. The molecule has 1 unspecified atom stereocenters. The molecule has 1 N–H and O–H groups in total. The van der Waals surface area contributed by atoms with E-state index < -0.39 is 0 Å². The Morgan fingerprint density at radius 1 is 1.00 bits per heavy atom. The molecule has 1 saturated heterocycles. The third kappa shape index (κ3) is 4.12. The van der Waals surface area contributed by atoms with Crippen LogP contribution in [0.25, 0.3) is 10.8 Å². The van der Waals surface area contributed by atoms with Gasteiger partial charge in [0.2, 0.25) is 5.91 Å². The van der Waals surface area contributed by atoms with E-state index in [1.807, 2.05) is 48.5 Å². The number of fused-ring (bicyclic) bond motifs is 2. The first-order valence-corrected chi connectivity index (χ1v) is 10.3. The van der Waals surface area contributed by atoms with Gasteiger partial charge in [0.15, 0.2) is 18.1 Å². The van der Waals surface area contributed by atoms with Gasteiger partial charge in [-0.15, -0.1) is 0 Å². The molecule has 2 amide bonds. The molecule has 3 aromatic carbocycles. The summed E-state index contributed by atoms with van der Waals surface area (Å²) < 4.78 is 16.8. The van der Waals surface area contributed by atoms with Gasteiger partial charge in [-0.05, 0) is 35.0 Å². The summed E-state index contributed by atoms with van der Waals surface area (Å²) >= 11 is 0. The Balaban J connectivity index is 1.18. The predicted octanol–water partition coefficient (Wildman–Crippen LogP) is 2.91. The number of hydrogen-bond donors (Lipinski definition) is 1. The van der Waals surface area contributed by atoms with Crippen molar-refractivity contribution in [3.05, 3.63) is 60.7 Å². The van der Waals surface area contributed by atoms with E-state index >= 15 is 0 Å². The van der Waals surface area contributed by atoms with E-state index in [1.165, 1.54) is 0 Å². The zero-order valence-corrected chi connectivity index (χ0v) is 16.9. The monoisotopic (exact) mass is 418 g/mol. The van der Waals surface area contributed by atoms with Crippen molar-refractivity contribution >= 4 is 28.3 Å². The molecule has 2 aliphatic rings. The van der Waals surface area contributed by atoms with Crippen molar-refractivity contribution in [2.45, 2.75) is 12.5 Å². The summed E-state index contributed by atoms with van der Waals surface area (Å²) in [5, 5.41) is 5.06. The number of nitrogens with zero attached hydrogens (tertiary/aromatic N) is 1. The van der Waals surface area contributed by atoms with E-state index in [-0.39, 0.29) is 30.9 Å². The second kappa shape index (κ2) is 8.18. The predicted molar refractivity (Wildman–Crippen MR) is 116 cm³/mol. The van der Waals surface area contributed by atoms with Crippen LogP contribution in [0.2, 0.25) is 0 Å². The molecular weight excluding hydrogens is 396 g/mol. The lowest BCUT2D eigenvalue weighted by Gasteiger charge is -2.22. The number of ether oxygens (including phenoxy) is 3. The van der Waals surface area contributed by atoms with Crippen molar-refractivity contribution in [2.24, 2.45) is 0 Å². The Kier molecular flexibility index (Phi) is 5.08. The van der Waals surface area contributed by atoms with E-state index in [9.17, 15) is 9.59 Å². The van der Waals surface area contributed by atoms with Gasteiger partial charge < -0.3 is 24.4 Å².